The smallest absolute Gasteiger partial charge is 0.186 e. The van der Waals surface area contributed by atoms with Crippen LogP contribution in [-0.2, 0) is 18.9 Å². The highest BCUT2D eigenvalue weighted by Gasteiger charge is 2.44. The van der Waals surface area contributed by atoms with Crippen molar-refractivity contribution in [3.8, 4) is 0 Å². The molecule has 0 aromatic rings. The molecule has 0 aliphatic carbocycles. The van der Waals surface area contributed by atoms with Crippen molar-refractivity contribution in [2.45, 2.75) is 37.6 Å². The quantitative estimate of drug-likeness (QED) is 0.691. The maximum Gasteiger partial charge on any atom is 0.186 e. The van der Waals surface area contributed by atoms with Crippen molar-refractivity contribution in [1.82, 2.24) is 0 Å². The van der Waals surface area contributed by atoms with Gasteiger partial charge in [0, 0.05) is 21.3 Å². The van der Waals surface area contributed by atoms with Gasteiger partial charge in [0.05, 0.1) is 6.10 Å². The summed E-state index contributed by atoms with van der Waals surface area (Å²) in [7, 11) is 4.60. The molecule has 1 heterocycles. The number of hydrogen-bond donors (Lipinski definition) is 1. The third kappa shape index (κ3) is 2.07. The Labute approximate surface area is 83.9 Å². The van der Waals surface area contributed by atoms with Crippen molar-refractivity contribution < 1.29 is 24.1 Å². The van der Waals surface area contributed by atoms with Crippen LogP contribution in [0.5, 0.6) is 0 Å². The molecule has 84 valence electrons. The molecular weight excluding hydrogens is 188 g/mol. The van der Waals surface area contributed by atoms with Crippen LogP contribution < -0.4 is 0 Å². The van der Waals surface area contributed by atoms with E-state index in [0.717, 1.165) is 0 Å². The lowest BCUT2D eigenvalue weighted by atomic mass is 9.99. The molecule has 5 heteroatoms. The summed E-state index contributed by atoms with van der Waals surface area (Å²) < 4.78 is 20.9. The van der Waals surface area contributed by atoms with Crippen molar-refractivity contribution in [1.29, 1.82) is 0 Å². The summed E-state index contributed by atoms with van der Waals surface area (Å²) in [6.07, 6.45) is -2.35. The molecule has 0 saturated carbocycles. The second-order valence-corrected chi connectivity index (χ2v) is 3.34. The number of hydrogen-bond acceptors (Lipinski definition) is 5. The minimum Gasteiger partial charge on any atom is -0.388 e. The molecule has 5 atom stereocenters. The average Bonchev–Trinajstić information content (AvgIpc) is 2.20. The lowest BCUT2D eigenvalue weighted by Crippen LogP contribution is -2.58. The van der Waals surface area contributed by atoms with Crippen LogP contribution in [0.3, 0.4) is 0 Å². The van der Waals surface area contributed by atoms with Gasteiger partial charge in [-0.2, -0.15) is 0 Å². The Hall–Kier alpha value is -0.200. The Morgan fingerprint density at radius 3 is 2.00 bits per heavy atom. The van der Waals surface area contributed by atoms with Crippen LogP contribution in [0.4, 0.5) is 0 Å². The Bertz CT molecular complexity index is 171. The summed E-state index contributed by atoms with van der Waals surface area (Å²) in [6, 6.07) is 0. The number of aliphatic hydroxyl groups excluding tert-OH is 1. The van der Waals surface area contributed by atoms with Gasteiger partial charge in [-0.1, -0.05) is 0 Å². The van der Waals surface area contributed by atoms with Crippen LogP contribution in [0, 0.1) is 0 Å². The van der Waals surface area contributed by atoms with Crippen LogP contribution >= 0.6 is 0 Å². The Morgan fingerprint density at radius 2 is 1.57 bits per heavy atom. The molecule has 0 radical (unpaired) electrons. The van der Waals surface area contributed by atoms with Crippen LogP contribution in [0.15, 0.2) is 0 Å². The van der Waals surface area contributed by atoms with E-state index in [1.165, 1.54) is 21.3 Å². The Balaban J connectivity index is 2.75. The molecule has 1 fully saturated rings. The lowest BCUT2D eigenvalue weighted by molar-refractivity contribution is -0.295. The van der Waals surface area contributed by atoms with E-state index in [1.807, 2.05) is 0 Å². The molecule has 1 rings (SSSR count). The molecule has 1 N–H and O–H groups in total. The number of rotatable bonds is 3. The topological polar surface area (TPSA) is 57.2 Å². The highest BCUT2D eigenvalue weighted by Crippen LogP contribution is 2.25. The standard InChI is InChI=1S/C9H18O5/c1-5-6(10)7(11-2)8(12-3)9(13-4)14-5/h5-10H,1-4H3/t5-,6-,7+,8+,9-/m0/s1. The van der Waals surface area contributed by atoms with Crippen molar-refractivity contribution in [3.05, 3.63) is 0 Å². The normalized spacial score (nSPS) is 43.9. The van der Waals surface area contributed by atoms with Gasteiger partial charge < -0.3 is 24.1 Å². The van der Waals surface area contributed by atoms with Gasteiger partial charge in [0.2, 0.25) is 0 Å². The molecule has 0 bridgehead atoms. The number of aliphatic hydroxyl groups is 1. The maximum atomic E-state index is 9.77. The fraction of sp³-hybridized carbons (Fsp3) is 1.00. The predicted molar refractivity (Wildman–Crippen MR) is 48.9 cm³/mol. The van der Waals surface area contributed by atoms with Crippen molar-refractivity contribution in [3.63, 3.8) is 0 Å². The number of ether oxygens (including phenoxy) is 4. The van der Waals surface area contributed by atoms with Gasteiger partial charge in [-0.25, -0.2) is 0 Å². The summed E-state index contributed by atoms with van der Waals surface area (Å²) >= 11 is 0. The fourth-order valence-electron chi connectivity index (χ4n) is 1.69. The van der Waals surface area contributed by atoms with E-state index in [2.05, 4.69) is 0 Å². The molecule has 0 spiro atoms. The maximum absolute atomic E-state index is 9.77. The average molecular weight is 206 g/mol. The molecule has 1 saturated heterocycles. The first-order chi connectivity index (χ1) is 6.65. The third-order valence-electron chi connectivity index (χ3n) is 2.54. The van der Waals surface area contributed by atoms with Gasteiger partial charge >= 0.3 is 0 Å². The molecule has 0 amide bonds. The fourth-order valence-corrected chi connectivity index (χ4v) is 1.69. The van der Waals surface area contributed by atoms with Crippen LogP contribution in [-0.4, -0.2) is 57.1 Å². The second kappa shape index (κ2) is 5.04. The van der Waals surface area contributed by atoms with Gasteiger partial charge in [-0.05, 0) is 6.92 Å². The Kier molecular flexibility index (Phi) is 4.28. The largest absolute Gasteiger partial charge is 0.388 e. The lowest BCUT2D eigenvalue weighted by Gasteiger charge is -2.41. The highest BCUT2D eigenvalue weighted by atomic mass is 16.7. The first-order valence-corrected chi connectivity index (χ1v) is 4.57. The van der Waals surface area contributed by atoms with E-state index in [0.29, 0.717) is 0 Å². The summed E-state index contributed by atoms with van der Waals surface area (Å²) in [5.41, 5.74) is 0. The van der Waals surface area contributed by atoms with Crippen molar-refractivity contribution in [2.75, 3.05) is 21.3 Å². The van der Waals surface area contributed by atoms with E-state index in [4.69, 9.17) is 18.9 Å². The monoisotopic (exact) mass is 206 g/mol. The van der Waals surface area contributed by atoms with Crippen LogP contribution in [0.25, 0.3) is 0 Å². The summed E-state index contributed by atoms with van der Waals surface area (Å²) in [5.74, 6) is 0. The van der Waals surface area contributed by atoms with Gasteiger partial charge in [-0.15, -0.1) is 0 Å². The van der Waals surface area contributed by atoms with Gasteiger partial charge in [-0.3, -0.25) is 0 Å². The van der Waals surface area contributed by atoms with Gasteiger partial charge in [0.1, 0.15) is 18.3 Å². The van der Waals surface area contributed by atoms with Gasteiger partial charge in [0.15, 0.2) is 6.29 Å². The van der Waals surface area contributed by atoms with E-state index in [-0.39, 0.29) is 6.10 Å². The second-order valence-electron chi connectivity index (χ2n) is 3.34. The molecular formula is C9H18O5. The highest BCUT2D eigenvalue weighted by molar-refractivity contribution is 4.89. The molecule has 1 aliphatic rings. The van der Waals surface area contributed by atoms with Crippen LogP contribution in [0.1, 0.15) is 6.92 Å². The summed E-state index contributed by atoms with van der Waals surface area (Å²) in [6.45, 7) is 1.77. The molecule has 0 aromatic heterocycles. The molecule has 0 aromatic carbocycles. The van der Waals surface area contributed by atoms with E-state index in [1.54, 1.807) is 6.92 Å². The SMILES string of the molecule is CO[C@H]1O[C@@H](C)[C@H](O)[C@@H](OC)[C@H]1OC. The first-order valence-electron chi connectivity index (χ1n) is 4.57. The van der Waals surface area contributed by atoms with E-state index >= 15 is 0 Å². The Morgan fingerprint density at radius 1 is 1.00 bits per heavy atom. The van der Waals surface area contributed by atoms with E-state index < -0.39 is 24.6 Å². The molecule has 14 heavy (non-hydrogen) atoms. The van der Waals surface area contributed by atoms with E-state index in [9.17, 15) is 5.11 Å². The summed E-state index contributed by atoms with van der Waals surface area (Å²) in [5, 5.41) is 9.77. The van der Waals surface area contributed by atoms with Gasteiger partial charge in [0.25, 0.3) is 0 Å². The number of methoxy groups -OCH3 is 3. The van der Waals surface area contributed by atoms with Crippen LogP contribution in [0.2, 0.25) is 0 Å². The minimum absolute atomic E-state index is 0.323. The summed E-state index contributed by atoms with van der Waals surface area (Å²) in [4.78, 5) is 0. The first kappa shape index (κ1) is 11.9. The predicted octanol–water partition coefficient (Wildman–Crippen LogP) is -0.232. The molecule has 5 nitrogen and oxygen atoms in total. The minimum atomic E-state index is -0.698. The zero-order valence-corrected chi connectivity index (χ0v) is 8.97. The third-order valence-corrected chi connectivity index (χ3v) is 2.54. The molecule has 1 aliphatic heterocycles. The van der Waals surface area contributed by atoms with Crippen molar-refractivity contribution in [2.24, 2.45) is 0 Å². The zero-order valence-electron chi connectivity index (χ0n) is 8.97. The zero-order chi connectivity index (χ0) is 10.7. The van der Waals surface area contributed by atoms with Crippen molar-refractivity contribution >= 4 is 0 Å². The molecule has 0 unspecified atom stereocenters.